The van der Waals surface area contributed by atoms with Crippen LogP contribution >= 0.6 is 0 Å². The fraction of sp³-hybridized carbons (Fsp3) is 0.381. The zero-order chi connectivity index (χ0) is 18.4. The number of piperidine rings is 1. The van der Waals surface area contributed by atoms with E-state index in [4.69, 9.17) is 5.11 Å². The number of carbonyl (C=O) groups is 2. The Morgan fingerprint density at radius 1 is 0.962 bits per heavy atom. The lowest BCUT2D eigenvalue weighted by Gasteiger charge is -2.31. The fourth-order valence-electron chi connectivity index (χ4n) is 3.42. The summed E-state index contributed by atoms with van der Waals surface area (Å²) in [6, 6.07) is 11.9. The van der Waals surface area contributed by atoms with Crippen molar-refractivity contribution in [2.75, 3.05) is 13.1 Å². The first-order valence-electron chi connectivity index (χ1n) is 9.11. The van der Waals surface area contributed by atoms with Crippen molar-refractivity contribution >= 4 is 11.9 Å². The molecule has 1 saturated heterocycles. The van der Waals surface area contributed by atoms with Gasteiger partial charge in [-0.1, -0.05) is 12.1 Å². The van der Waals surface area contributed by atoms with Crippen LogP contribution in [0.3, 0.4) is 0 Å². The van der Waals surface area contributed by atoms with E-state index in [0.717, 1.165) is 25.7 Å². The minimum atomic E-state index is -0.753. The van der Waals surface area contributed by atoms with Gasteiger partial charge in [0.05, 0.1) is 0 Å². The molecule has 1 amide bonds. The molecule has 1 fully saturated rings. The molecule has 5 nitrogen and oxygen atoms in total. The van der Waals surface area contributed by atoms with Crippen molar-refractivity contribution < 1.29 is 14.7 Å². The first-order chi connectivity index (χ1) is 12.6. The largest absolute Gasteiger partial charge is 0.481 e. The van der Waals surface area contributed by atoms with Crippen LogP contribution in [0.2, 0.25) is 0 Å². The summed E-state index contributed by atoms with van der Waals surface area (Å²) in [6.07, 6.45) is 7.22. The number of carbonyl (C=O) groups excluding carboxylic acids is 1. The summed E-state index contributed by atoms with van der Waals surface area (Å²) >= 11 is 0. The van der Waals surface area contributed by atoms with E-state index < -0.39 is 5.97 Å². The van der Waals surface area contributed by atoms with Gasteiger partial charge in [0.15, 0.2) is 0 Å². The number of aromatic nitrogens is 1. The third-order valence-electron chi connectivity index (χ3n) is 5.02. The van der Waals surface area contributed by atoms with Crippen LogP contribution in [0.1, 0.15) is 40.7 Å². The van der Waals surface area contributed by atoms with E-state index in [0.29, 0.717) is 18.7 Å². The molecule has 0 radical (unpaired) electrons. The lowest BCUT2D eigenvalue weighted by atomic mass is 9.93. The smallest absolute Gasteiger partial charge is 0.303 e. The van der Waals surface area contributed by atoms with Crippen molar-refractivity contribution in [1.82, 2.24) is 9.88 Å². The third kappa shape index (κ3) is 4.91. The van der Waals surface area contributed by atoms with Crippen molar-refractivity contribution in [3.05, 3.63) is 65.5 Å². The molecule has 0 bridgehead atoms. The summed E-state index contributed by atoms with van der Waals surface area (Å²) < 4.78 is 0. The second-order valence-electron chi connectivity index (χ2n) is 6.89. The van der Waals surface area contributed by atoms with E-state index in [2.05, 4.69) is 4.98 Å². The summed E-state index contributed by atoms with van der Waals surface area (Å²) in [4.78, 5) is 29.3. The molecule has 0 aliphatic carbocycles. The normalized spacial score (nSPS) is 15.0. The van der Waals surface area contributed by atoms with Gasteiger partial charge in [0.25, 0.3) is 5.91 Å². The Bertz CT molecular complexity index is 736. The van der Waals surface area contributed by atoms with E-state index in [1.807, 2.05) is 41.3 Å². The molecule has 2 aromatic rings. The van der Waals surface area contributed by atoms with Gasteiger partial charge in [0.1, 0.15) is 0 Å². The molecule has 0 saturated carbocycles. The first kappa shape index (κ1) is 18.1. The molecule has 1 aromatic heterocycles. The Labute approximate surface area is 153 Å². The molecular weight excluding hydrogens is 328 g/mol. The highest BCUT2D eigenvalue weighted by atomic mass is 16.4. The van der Waals surface area contributed by atoms with Crippen LogP contribution in [0, 0.1) is 5.92 Å². The van der Waals surface area contributed by atoms with Crippen molar-refractivity contribution in [3.8, 4) is 0 Å². The molecule has 136 valence electrons. The van der Waals surface area contributed by atoms with Crippen LogP contribution in [-0.4, -0.2) is 40.0 Å². The molecule has 5 heteroatoms. The first-order valence-corrected chi connectivity index (χ1v) is 9.11. The van der Waals surface area contributed by atoms with Gasteiger partial charge in [-0.2, -0.15) is 0 Å². The lowest BCUT2D eigenvalue weighted by Crippen LogP contribution is -2.38. The molecule has 1 aromatic carbocycles. The number of hydrogen-bond donors (Lipinski definition) is 1. The van der Waals surface area contributed by atoms with Gasteiger partial charge in [-0.15, -0.1) is 0 Å². The number of nitrogens with zero attached hydrogens (tertiary/aromatic N) is 2. The number of rotatable bonds is 6. The fourth-order valence-corrected chi connectivity index (χ4v) is 3.42. The van der Waals surface area contributed by atoms with Gasteiger partial charge >= 0.3 is 5.97 Å². The Balaban J connectivity index is 1.52. The second-order valence-corrected chi connectivity index (χ2v) is 6.89. The molecule has 1 aliphatic heterocycles. The number of aliphatic carboxylic acids is 1. The Morgan fingerprint density at radius 3 is 2.12 bits per heavy atom. The van der Waals surface area contributed by atoms with Crippen LogP contribution in [0.25, 0.3) is 0 Å². The van der Waals surface area contributed by atoms with Crippen molar-refractivity contribution in [2.24, 2.45) is 5.92 Å². The average Bonchev–Trinajstić information content (AvgIpc) is 2.67. The van der Waals surface area contributed by atoms with Gasteiger partial charge in [-0.05, 0) is 67.0 Å². The number of benzene rings is 1. The SMILES string of the molecule is O=C(O)CC1CCN(C(=O)c2ccc(CCc3ccncc3)cc2)CC1. The Kier molecular flexibility index (Phi) is 6.00. The number of likely N-dealkylation sites (tertiary alicyclic amines) is 1. The predicted molar refractivity (Wildman–Crippen MR) is 99.0 cm³/mol. The van der Waals surface area contributed by atoms with Crippen LogP contribution in [0.5, 0.6) is 0 Å². The maximum atomic E-state index is 12.6. The van der Waals surface area contributed by atoms with Crippen LogP contribution in [0.4, 0.5) is 0 Å². The summed E-state index contributed by atoms with van der Waals surface area (Å²) in [5, 5.41) is 8.88. The van der Waals surface area contributed by atoms with Gasteiger partial charge in [-0.3, -0.25) is 14.6 Å². The minimum Gasteiger partial charge on any atom is -0.481 e. The highest BCUT2D eigenvalue weighted by Gasteiger charge is 2.24. The number of carboxylic acids is 1. The number of pyridine rings is 1. The van der Waals surface area contributed by atoms with E-state index in [9.17, 15) is 9.59 Å². The van der Waals surface area contributed by atoms with Gasteiger partial charge in [-0.25, -0.2) is 0 Å². The summed E-state index contributed by atoms with van der Waals surface area (Å²) in [5.74, 6) is -0.524. The highest BCUT2D eigenvalue weighted by molar-refractivity contribution is 5.94. The van der Waals surface area contributed by atoms with Gasteiger partial charge in [0, 0.05) is 37.5 Å². The maximum absolute atomic E-state index is 12.6. The summed E-state index contributed by atoms with van der Waals surface area (Å²) in [5.41, 5.74) is 3.16. The summed E-state index contributed by atoms with van der Waals surface area (Å²) in [7, 11) is 0. The zero-order valence-corrected chi connectivity index (χ0v) is 14.8. The molecule has 2 heterocycles. The van der Waals surface area contributed by atoms with E-state index in [1.54, 1.807) is 12.4 Å². The lowest BCUT2D eigenvalue weighted by molar-refractivity contribution is -0.138. The van der Waals surface area contributed by atoms with Crippen LogP contribution < -0.4 is 0 Å². The van der Waals surface area contributed by atoms with E-state index in [1.165, 1.54) is 11.1 Å². The van der Waals surface area contributed by atoms with Gasteiger partial charge in [0.2, 0.25) is 0 Å². The van der Waals surface area contributed by atoms with Crippen LogP contribution in [0.15, 0.2) is 48.8 Å². The number of carboxylic acid groups (broad SMARTS) is 1. The molecule has 1 N–H and O–H groups in total. The van der Waals surface area contributed by atoms with Crippen LogP contribution in [-0.2, 0) is 17.6 Å². The molecule has 0 atom stereocenters. The number of hydrogen-bond acceptors (Lipinski definition) is 3. The quantitative estimate of drug-likeness (QED) is 0.867. The Morgan fingerprint density at radius 2 is 1.54 bits per heavy atom. The third-order valence-corrected chi connectivity index (χ3v) is 5.02. The monoisotopic (exact) mass is 352 g/mol. The standard InChI is InChI=1S/C21H24N2O3/c24-20(25)15-18-9-13-23(14-10-18)21(26)19-5-3-16(4-6-19)1-2-17-7-11-22-12-8-17/h3-8,11-12,18H,1-2,9-10,13-15H2,(H,24,25). The van der Waals surface area contributed by atoms with Crippen molar-refractivity contribution in [2.45, 2.75) is 32.1 Å². The average molecular weight is 352 g/mol. The maximum Gasteiger partial charge on any atom is 0.303 e. The predicted octanol–water partition coefficient (Wildman–Crippen LogP) is 3.19. The molecule has 3 rings (SSSR count). The molecule has 0 spiro atoms. The molecular formula is C21H24N2O3. The molecule has 1 aliphatic rings. The Hall–Kier alpha value is -2.69. The topological polar surface area (TPSA) is 70.5 Å². The van der Waals surface area contributed by atoms with E-state index >= 15 is 0 Å². The van der Waals surface area contributed by atoms with E-state index in [-0.39, 0.29) is 18.2 Å². The number of aryl methyl sites for hydroxylation is 2. The van der Waals surface area contributed by atoms with Gasteiger partial charge < -0.3 is 10.0 Å². The zero-order valence-electron chi connectivity index (χ0n) is 14.8. The highest BCUT2D eigenvalue weighted by Crippen LogP contribution is 2.22. The molecule has 26 heavy (non-hydrogen) atoms. The number of amides is 1. The van der Waals surface area contributed by atoms with Crippen molar-refractivity contribution in [1.29, 1.82) is 0 Å². The summed E-state index contributed by atoms with van der Waals surface area (Å²) in [6.45, 7) is 1.28. The van der Waals surface area contributed by atoms with Crippen molar-refractivity contribution in [3.63, 3.8) is 0 Å². The molecule has 0 unspecified atom stereocenters. The minimum absolute atomic E-state index is 0.0412. The second kappa shape index (κ2) is 8.61.